The molecule has 1 heteroatoms. The van der Waals surface area contributed by atoms with E-state index in [2.05, 4.69) is 213 Å². The number of anilines is 3. The van der Waals surface area contributed by atoms with Crippen LogP contribution in [0.25, 0.3) is 33.4 Å². The SMILES string of the molecule is CC1(C)c2ccccc2-c2ccc(N(c3ccc4c(c3)C(c3ccccc3)(c3ccccc3)c3ccccc3-4)c3ccc(C45CC6CC(CC(C6)C4)C5)cc3-c3ccccc3)cc21. The Kier molecular flexibility index (Phi) is 8.12. The lowest BCUT2D eigenvalue weighted by atomic mass is 9.48. The average molecular weight is 812 g/mol. The van der Waals surface area contributed by atoms with E-state index in [1.165, 1.54) is 122 Å². The summed E-state index contributed by atoms with van der Waals surface area (Å²) in [5.74, 6) is 2.66. The van der Waals surface area contributed by atoms with Crippen molar-refractivity contribution in [3.05, 3.63) is 233 Å². The molecule has 6 aliphatic rings. The molecule has 0 N–H and O–H groups in total. The van der Waals surface area contributed by atoms with Crippen molar-refractivity contribution in [3.63, 3.8) is 0 Å². The lowest BCUT2D eigenvalue weighted by molar-refractivity contribution is -0.00516. The molecule has 0 saturated heterocycles. The van der Waals surface area contributed by atoms with E-state index in [-0.39, 0.29) is 10.8 Å². The van der Waals surface area contributed by atoms with Gasteiger partial charge in [-0.25, -0.2) is 0 Å². The number of hydrogen-bond acceptors (Lipinski definition) is 1. The molecular formula is C62H53N. The minimum atomic E-state index is -0.498. The first-order chi connectivity index (χ1) is 30.9. The molecule has 0 unspecified atom stereocenters. The number of fused-ring (bicyclic) bond motifs is 6. The van der Waals surface area contributed by atoms with Gasteiger partial charge in [-0.3, -0.25) is 0 Å². The Balaban J connectivity index is 1.07. The first-order valence-corrected chi connectivity index (χ1v) is 23.5. The van der Waals surface area contributed by atoms with Crippen LogP contribution >= 0.6 is 0 Å². The molecule has 14 rings (SSSR count). The Bertz CT molecular complexity index is 2990. The summed E-state index contributed by atoms with van der Waals surface area (Å²) >= 11 is 0. The molecule has 0 aliphatic heterocycles. The molecule has 0 atom stereocenters. The van der Waals surface area contributed by atoms with Gasteiger partial charge in [0.25, 0.3) is 0 Å². The average Bonchev–Trinajstić information content (AvgIpc) is 3.74. The van der Waals surface area contributed by atoms with Gasteiger partial charge in [-0.05, 0) is 165 Å². The molecule has 0 spiro atoms. The molecule has 0 amide bonds. The van der Waals surface area contributed by atoms with Gasteiger partial charge >= 0.3 is 0 Å². The van der Waals surface area contributed by atoms with Crippen LogP contribution in [0.2, 0.25) is 0 Å². The third-order valence-electron chi connectivity index (χ3n) is 16.5. The van der Waals surface area contributed by atoms with Crippen molar-refractivity contribution in [2.75, 3.05) is 4.90 Å². The van der Waals surface area contributed by atoms with Crippen LogP contribution < -0.4 is 4.90 Å². The standard InChI is InChI=1S/C62H53N/c1-60(2)55-24-14-12-22-50(55)52-29-27-48(36-57(52)60)63(59-31-26-47(35-54(59)44-16-6-3-7-17-44)61-38-41-32-42(39-61)34-43(33-41)40-61)49-28-30-53-51-23-13-15-25-56(51)62(58(53)37-49,45-18-8-4-9-19-45)46-20-10-5-11-21-46/h3-31,35-37,41-43H,32-34,38-40H2,1-2H3. The Morgan fingerprint density at radius 3 is 1.46 bits per heavy atom. The smallest absolute Gasteiger partial charge is 0.0714 e. The maximum atomic E-state index is 2.64. The Labute approximate surface area is 373 Å². The molecule has 8 aromatic rings. The van der Waals surface area contributed by atoms with E-state index in [1.54, 1.807) is 5.56 Å². The fraction of sp³-hybridized carbons (Fsp3) is 0.226. The zero-order valence-corrected chi connectivity index (χ0v) is 36.4. The summed E-state index contributed by atoms with van der Waals surface area (Å²) in [4.78, 5) is 2.61. The summed E-state index contributed by atoms with van der Waals surface area (Å²) in [6, 6.07) is 74.2. The number of rotatable bonds is 7. The predicted molar refractivity (Wildman–Crippen MR) is 261 cm³/mol. The molecule has 0 radical (unpaired) electrons. The van der Waals surface area contributed by atoms with Crippen molar-refractivity contribution in [2.45, 2.75) is 68.6 Å². The summed E-state index contributed by atoms with van der Waals surface area (Å²) < 4.78 is 0. The maximum absolute atomic E-state index is 2.64. The fourth-order valence-corrected chi connectivity index (χ4v) is 14.2. The lowest BCUT2D eigenvalue weighted by Crippen LogP contribution is -2.48. The van der Waals surface area contributed by atoms with Crippen LogP contribution in [0.5, 0.6) is 0 Å². The van der Waals surface area contributed by atoms with Crippen molar-refractivity contribution in [1.82, 2.24) is 0 Å². The first-order valence-electron chi connectivity index (χ1n) is 23.5. The number of benzene rings is 8. The molecule has 8 aromatic carbocycles. The van der Waals surface area contributed by atoms with Gasteiger partial charge in [0.05, 0.1) is 11.1 Å². The van der Waals surface area contributed by atoms with Crippen molar-refractivity contribution in [2.24, 2.45) is 17.8 Å². The Morgan fingerprint density at radius 1 is 0.381 bits per heavy atom. The van der Waals surface area contributed by atoms with E-state index in [0.717, 1.165) is 17.8 Å². The fourth-order valence-electron chi connectivity index (χ4n) is 14.2. The van der Waals surface area contributed by atoms with Gasteiger partial charge in [-0.15, -0.1) is 0 Å². The third kappa shape index (κ3) is 5.42. The quantitative estimate of drug-likeness (QED) is 0.155. The van der Waals surface area contributed by atoms with E-state index in [4.69, 9.17) is 0 Å². The van der Waals surface area contributed by atoms with Gasteiger partial charge in [0.2, 0.25) is 0 Å². The summed E-state index contributed by atoms with van der Waals surface area (Å²) in [6.07, 6.45) is 8.40. The van der Waals surface area contributed by atoms with Gasteiger partial charge in [0.15, 0.2) is 0 Å². The molecule has 4 fully saturated rings. The van der Waals surface area contributed by atoms with Gasteiger partial charge in [0, 0.05) is 22.4 Å². The highest BCUT2D eigenvalue weighted by Gasteiger charge is 2.52. The first kappa shape index (κ1) is 37.1. The highest BCUT2D eigenvalue weighted by molar-refractivity contribution is 5.94. The summed E-state index contributed by atoms with van der Waals surface area (Å²) in [7, 11) is 0. The van der Waals surface area contributed by atoms with Crippen molar-refractivity contribution >= 4 is 17.1 Å². The normalized spacial score (nSPS) is 22.5. The van der Waals surface area contributed by atoms with Crippen molar-refractivity contribution in [3.8, 4) is 33.4 Å². The second kappa shape index (κ2) is 13.8. The molecule has 306 valence electrons. The van der Waals surface area contributed by atoms with Gasteiger partial charge in [0.1, 0.15) is 0 Å². The van der Waals surface area contributed by atoms with E-state index >= 15 is 0 Å². The molecule has 6 aliphatic carbocycles. The van der Waals surface area contributed by atoms with Crippen LogP contribution in [0.1, 0.15) is 91.3 Å². The van der Waals surface area contributed by atoms with Crippen molar-refractivity contribution in [1.29, 1.82) is 0 Å². The molecule has 1 nitrogen and oxygen atoms in total. The Hall–Kier alpha value is -6.44. The largest absolute Gasteiger partial charge is 0.310 e. The molecule has 63 heavy (non-hydrogen) atoms. The lowest BCUT2D eigenvalue weighted by Gasteiger charge is -2.57. The maximum Gasteiger partial charge on any atom is 0.0714 e. The highest BCUT2D eigenvalue weighted by Crippen LogP contribution is 2.62. The topological polar surface area (TPSA) is 3.24 Å². The second-order valence-electron chi connectivity index (χ2n) is 20.3. The number of hydrogen-bond donors (Lipinski definition) is 0. The van der Waals surface area contributed by atoms with Gasteiger partial charge < -0.3 is 4.90 Å². The van der Waals surface area contributed by atoms with Crippen LogP contribution in [0.15, 0.2) is 194 Å². The van der Waals surface area contributed by atoms with E-state index in [1.807, 2.05) is 0 Å². The zero-order chi connectivity index (χ0) is 41.9. The highest BCUT2D eigenvalue weighted by atomic mass is 15.1. The third-order valence-corrected chi connectivity index (χ3v) is 16.5. The van der Waals surface area contributed by atoms with Crippen LogP contribution in [-0.2, 0) is 16.2 Å². The van der Waals surface area contributed by atoms with Crippen LogP contribution in [0.4, 0.5) is 17.1 Å². The minimum absolute atomic E-state index is 0.131. The monoisotopic (exact) mass is 811 g/mol. The van der Waals surface area contributed by atoms with Crippen molar-refractivity contribution < 1.29 is 0 Å². The molecule has 0 aromatic heterocycles. The second-order valence-corrected chi connectivity index (χ2v) is 20.3. The van der Waals surface area contributed by atoms with Crippen LogP contribution in [-0.4, -0.2) is 0 Å². The predicted octanol–water partition coefficient (Wildman–Crippen LogP) is 16.0. The summed E-state index contributed by atoms with van der Waals surface area (Å²) in [5, 5.41) is 0. The van der Waals surface area contributed by atoms with Crippen LogP contribution in [0, 0.1) is 17.8 Å². The Morgan fingerprint density at radius 2 is 0.857 bits per heavy atom. The van der Waals surface area contributed by atoms with E-state index < -0.39 is 5.41 Å². The number of nitrogens with zero attached hydrogens (tertiary/aromatic N) is 1. The summed E-state index contributed by atoms with van der Waals surface area (Å²) in [5.41, 5.74) is 20.7. The molecule has 0 heterocycles. The molecular weight excluding hydrogens is 759 g/mol. The van der Waals surface area contributed by atoms with Crippen LogP contribution in [0.3, 0.4) is 0 Å². The van der Waals surface area contributed by atoms with Gasteiger partial charge in [-0.2, -0.15) is 0 Å². The van der Waals surface area contributed by atoms with E-state index in [9.17, 15) is 0 Å². The molecule has 4 saturated carbocycles. The minimum Gasteiger partial charge on any atom is -0.310 e. The zero-order valence-electron chi connectivity index (χ0n) is 36.4. The summed E-state index contributed by atoms with van der Waals surface area (Å²) in [6.45, 7) is 4.81. The molecule has 4 bridgehead atoms. The van der Waals surface area contributed by atoms with Gasteiger partial charge in [-0.1, -0.05) is 172 Å². The van der Waals surface area contributed by atoms with E-state index in [0.29, 0.717) is 0 Å².